The molecule has 0 saturated heterocycles. The molecule has 1 atom stereocenters. The zero-order valence-electron chi connectivity index (χ0n) is 9.44. The maximum Gasteiger partial charge on any atom is 0.270 e. The van der Waals surface area contributed by atoms with Gasteiger partial charge in [0.15, 0.2) is 0 Å². The summed E-state index contributed by atoms with van der Waals surface area (Å²) in [6, 6.07) is 3.40. The van der Waals surface area contributed by atoms with Crippen molar-refractivity contribution in [3.63, 3.8) is 0 Å². The summed E-state index contributed by atoms with van der Waals surface area (Å²) in [4.78, 5) is 16.3. The quantitative estimate of drug-likeness (QED) is 0.816. The lowest BCUT2D eigenvalue weighted by Gasteiger charge is -2.15. The van der Waals surface area contributed by atoms with Crippen LogP contribution in [0.4, 0.5) is 0 Å². The van der Waals surface area contributed by atoms with E-state index in [1.807, 2.05) is 6.92 Å². The molecule has 0 aliphatic rings. The van der Waals surface area contributed by atoms with E-state index >= 15 is 0 Å². The van der Waals surface area contributed by atoms with Gasteiger partial charge >= 0.3 is 0 Å². The summed E-state index contributed by atoms with van der Waals surface area (Å²) in [6.07, 6.45) is 2.87. The molecular formula is C11H14BrN3OS. The summed E-state index contributed by atoms with van der Waals surface area (Å²) >= 11 is 8.09. The number of carbonyl (C=O) groups is 1. The normalized spacial score (nSPS) is 11.9. The van der Waals surface area contributed by atoms with E-state index in [-0.39, 0.29) is 11.9 Å². The summed E-state index contributed by atoms with van der Waals surface area (Å²) in [5.41, 5.74) is 5.85. The third-order valence-corrected chi connectivity index (χ3v) is 2.87. The van der Waals surface area contributed by atoms with Crippen molar-refractivity contribution in [2.24, 2.45) is 5.73 Å². The smallest absolute Gasteiger partial charge is 0.270 e. The van der Waals surface area contributed by atoms with E-state index < -0.39 is 0 Å². The number of rotatable bonds is 5. The molecule has 0 bridgehead atoms. The summed E-state index contributed by atoms with van der Waals surface area (Å²) in [5, 5.41) is 2.85. The van der Waals surface area contributed by atoms with Gasteiger partial charge in [-0.15, -0.1) is 0 Å². The van der Waals surface area contributed by atoms with Gasteiger partial charge in [0.2, 0.25) is 0 Å². The van der Waals surface area contributed by atoms with Crippen LogP contribution >= 0.6 is 28.1 Å². The van der Waals surface area contributed by atoms with Crippen molar-refractivity contribution >= 4 is 39.0 Å². The van der Waals surface area contributed by atoms with Crippen LogP contribution in [0.1, 0.15) is 30.3 Å². The predicted molar refractivity (Wildman–Crippen MR) is 74.9 cm³/mol. The average molecular weight is 316 g/mol. The van der Waals surface area contributed by atoms with Crippen LogP contribution in [0.25, 0.3) is 0 Å². The van der Waals surface area contributed by atoms with Crippen LogP contribution in [-0.2, 0) is 0 Å². The molecule has 0 aliphatic heterocycles. The number of thiocarbonyl (C=S) groups is 1. The first-order valence-electron chi connectivity index (χ1n) is 5.23. The number of carbonyl (C=O) groups excluding carboxylic acids is 1. The van der Waals surface area contributed by atoms with E-state index in [1.165, 1.54) is 0 Å². The lowest BCUT2D eigenvalue weighted by atomic mass is 10.1. The van der Waals surface area contributed by atoms with Crippen molar-refractivity contribution in [2.75, 3.05) is 0 Å². The minimum atomic E-state index is -0.208. The average Bonchev–Trinajstić information content (AvgIpc) is 2.28. The summed E-state index contributed by atoms with van der Waals surface area (Å²) in [7, 11) is 0. The fraction of sp³-hybridized carbons (Fsp3) is 0.364. The molecule has 1 aromatic rings. The SMILES string of the molecule is CCC(CC(N)=S)NC(=O)c1ccc(Br)cn1. The molecule has 1 aromatic heterocycles. The number of aromatic nitrogens is 1. The Balaban J connectivity index is 2.64. The Morgan fingerprint density at radius 3 is 2.82 bits per heavy atom. The standard InChI is InChI=1S/C11H14BrN3OS/c1-2-8(5-10(13)17)15-11(16)9-4-3-7(12)6-14-9/h3-4,6,8H,2,5H2,1H3,(H2,13,17)(H,15,16). The molecule has 1 heterocycles. The fourth-order valence-corrected chi connectivity index (χ4v) is 1.75. The van der Waals surface area contributed by atoms with E-state index in [0.29, 0.717) is 17.1 Å². The predicted octanol–water partition coefficient (Wildman–Crippen LogP) is 2.03. The van der Waals surface area contributed by atoms with Gasteiger partial charge in [0.1, 0.15) is 5.69 Å². The maximum atomic E-state index is 11.8. The van der Waals surface area contributed by atoms with Gasteiger partial charge in [0, 0.05) is 23.1 Å². The highest BCUT2D eigenvalue weighted by Gasteiger charge is 2.13. The van der Waals surface area contributed by atoms with Crippen LogP contribution in [0.3, 0.4) is 0 Å². The number of amides is 1. The first-order chi connectivity index (χ1) is 8.02. The molecule has 3 N–H and O–H groups in total. The molecule has 92 valence electrons. The minimum absolute atomic E-state index is 0.0366. The second kappa shape index (κ2) is 6.66. The molecular weight excluding hydrogens is 302 g/mol. The number of nitrogens with zero attached hydrogens (tertiary/aromatic N) is 1. The van der Waals surface area contributed by atoms with E-state index in [4.69, 9.17) is 18.0 Å². The first kappa shape index (κ1) is 14.1. The number of hydrogen-bond donors (Lipinski definition) is 2. The highest BCUT2D eigenvalue weighted by Crippen LogP contribution is 2.08. The Morgan fingerprint density at radius 1 is 1.65 bits per heavy atom. The second-order valence-electron chi connectivity index (χ2n) is 3.61. The molecule has 0 fully saturated rings. The molecule has 1 amide bonds. The van der Waals surface area contributed by atoms with Crippen molar-refractivity contribution < 1.29 is 4.79 Å². The molecule has 4 nitrogen and oxygen atoms in total. The monoisotopic (exact) mass is 315 g/mol. The Hall–Kier alpha value is -1.01. The van der Waals surface area contributed by atoms with Crippen LogP contribution in [0.15, 0.2) is 22.8 Å². The van der Waals surface area contributed by atoms with Gasteiger partial charge in [-0.1, -0.05) is 19.1 Å². The molecule has 17 heavy (non-hydrogen) atoms. The zero-order chi connectivity index (χ0) is 12.8. The third-order valence-electron chi connectivity index (χ3n) is 2.24. The Kier molecular flexibility index (Phi) is 5.50. The maximum absolute atomic E-state index is 11.8. The van der Waals surface area contributed by atoms with Crippen LogP contribution in [0, 0.1) is 0 Å². The number of hydrogen-bond acceptors (Lipinski definition) is 3. The molecule has 1 rings (SSSR count). The highest BCUT2D eigenvalue weighted by molar-refractivity contribution is 9.10. The highest BCUT2D eigenvalue weighted by atomic mass is 79.9. The molecule has 0 aliphatic carbocycles. The van der Waals surface area contributed by atoms with E-state index in [9.17, 15) is 4.79 Å². The van der Waals surface area contributed by atoms with Crippen molar-refractivity contribution in [2.45, 2.75) is 25.8 Å². The molecule has 0 saturated carbocycles. The molecule has 0 spiro atoms. The Labute approximate surface area is 114 Å². The van der Waals surface area contributed by atoms with Crippen molar-refractivity contribution in [3.8, 4) is 0 Å². The van der Waals surface area contributed by atoms with Gasteiger partial charge in [-0.05, 0) is 34.5 Å². The van der Waals surface area contributed by atoms with Gasteiger partial charge in [0.25, 0.3) is 5.91 Å². The van der Waals surface area contributed by atoms with E-state index in [2.05, 4.69) is 26.2 Å². The van der Waals surface area contributed by atoms with Crippen LogP contribution < -0.4 is 11.1 Å². The molecule has 0 radical (unpaired) electrons. The summed E-state index contributed by atoms with van der Waals surface area (Å²) in [5.74, 6) is -0.208. The minimum Gasteiger partial charge on any atom is -0.393 e. The van der Waals surface area contributed by atoms with Crippen LogP contribution in [-0.4, -0.2) is 21.9 Å². The second-order valence-corrected chi connectivity index (χ2v) is 5.05. The van der Waals surface area contributed by atoms with Crippen LogP contribution in [0.2, 0.25) is 0 Å². The topological polar surface area (TPSA) is 68.0 Å². The lowest BCUT2D eigenvalue weighted by molar-refractivity contribution is 0.0932. The third kappa shape index (κ3) is 4.79. The first-order valence-corrected chi connectivity index (χ1v) is 6.43. The lowest BCUT2D eigenvalue weighted by Crippen LogP contribution is -2.37. The van der Waals surface area contributed by atoms with Gasteiger partial charge < -0.3 is 11.1 Å². The molecule has 6 heteroatoms. The van der Waals surface area contributed by atoms with Crippen molar-refractivity contribution in [3.05, 3.63) is 28.5 Å². The number of nitrogens with one attached hydrogen (secondary N) is 1. The molecule has 1 unspecified atom stereocenters. The van der Waals surface area contributed by atoms with E-state index in [0.717, 1.165) is 10.9 Å². The van der Waals surface area contributed by atoms with Crippen molar-refractivity contribution in [1.29, 1.82) is 0 Å². The van der Waals surface area contributed by atoms with Gasteiger partial charge in [-0.2, -0.15) is 0 Å². The zero-order valence-corrected chi connectivity index (χ0v) is 11.8. The fourth-order valence-electron chi connectivity index (χ4n) is 1.31. The largest absolute Gasteiger partial charge is 0.393 e. The van der Waals surface area contributed by atoms with Gasteiger partial charge in [0.05, 0.1) is 4.99 Å². The van der Waals surface area contributed by atoms with Crippen LogP contribution in [0.5, 0.6) is 0 Å². The number of nitrogens with two attached hydrogens (primary N) is 1. The Bertz CT molecular complexity index is 408. The number of pyridine rings is 1. The number of halogens is 1. The molecule has 0 aromatic carbocycles. The van der Waals surface area contributed by atoms with Gasteiger partial charge in [-0.25, -0.2) is 4.98 Å². The van der Waals surface area contributed by atoms with E-state index in [1.54, 1.807) is 18.3 Å². The van der Waals surface area contributed by atoms with Crippen molar-refractivity contribution in [1.82, 2.24) is 10.3 Å². The summed E-state index contributed by atoms with van der Waals surface area (Å²) < 4.78 is 0.837. The summed E-state index contributed by atoms with van der Waals surface area (Å²) in [6.45, 7) is 1.97. The Morgan fingerprint density at radius 2 is 2.35 bits per heavy atom. The van der Waals surface area contributed by atoms with Gasteiger partial charge in [-0.3, -0.25) is 4.79 Å².